The summed E-state index contributed by atoms with van der Waals surface area (Å²) in [5, 5.41) is 10.5. The first kappa shape index (κ1) is 13.2. The zero-order valence-corrected chi connectivity index (χ0v) is 12.0. The van der Waals surface area contributed by atoms with Crippen LogP contribution < -0.4 is 5.32 Å². The lowest BCUT2D eigenvalue weighted by molar-refractivity contribution is 0.102. The first-order valence-electron chi connectivity index (χ1n) is 7.00. The molecule has 1 aromatic carbocycles. The average molecular weight is 304 g/mol. The summed E-state index contributed by atoms with van der Waals surface area (Å²) in [5.74, 6) is 0.449. The van der Waals surface area contributed by atoms with E-state index in [2.05, 4.69) is 25.5 Å². The van der Waals surface area contributed by atoms with E-state index in [-0.39, 0.29) is 5.91 Å². The van der Waals surface area contributed by atoms with Crippen LogP contribution in [-0.2, 0) is 0 Å². The van der Waals surface area contributed by atoms with Crippen molar-refractivity contribution in [1.29, 1.82) is 0 Å². The molecule has 3 aromatic heterocycles. The van der Waals surface area contributed by atoms with Crippen LogP contribution in [0.15, 0.2) is 61.3 Å². The third-order valence-electron chi connectivity index (χ3n) is 3.46. The van der Waals surface area contributed by atoms with Crippen molar-refractivity contribution >= 4 is 22.5 Å². The largest absolute Gasteiger partial charge is 0.319 e. The van der Waals surface area contributed by atoms with Crippen LogP contribution in [-0.4, -0.2) is 30.6 Å². The van der Waals surface area contributed by atoms with Crippen molar-refractivity contribution in [2.24, 2.45) is 0 Å². The summed E-state index contributed by atoms with van der Waals surface area (Å²) in [6, 6.07) is 11.1. The molecule has 23 heavy (non-hydrogen) atoms. The Bertz CT molecular complexity index is 956. The maximum atomic E-state index is 12.4. The van der Waals surface area contributed by atoms with E-state index in [1.54, 1.807) is 41.6 Å². The van der Waals surface area contributed by atoms with Crippen molar-refractivity contribution in [3.63, 3.8) is 0 Å². The highest BCUT2D eigenvalue weighted by Gasteiger charge is 2.14. The van der Waals surface area contributed by atoms with Gasteiger partial charge >= 0.3 is 0 Å². The number of hydrogen-bond donors (Lipinski definition) is 2. The number of hydrogen-bond acceptors (Lipinski definition) is 4. The van der Waals surface area contributed by atoms with E-state index in [1.807, 2.05) is 24.3 Å². The molecule has 0 atom stereocenters. The van der Waals surface area contributed by atoms with Crippen molar-refractivity contribution in [3.05, 3.63) is 67.0 Å². The highest BCUT2D eigenvalue weighted by Crippen LogP contribution is 2.17. The number of nitrogens with zero attached hydrogens (tertiary/aromatic N) is 4. The molecule has 3 heterocycles. The number of para-hydroxylation sites is 1. The van der Waals surface area contributed by atoms with Crippen LogP contribution in [0.3, 0.4) is 0 Å². The number of fused-ring (bicyclic) bond motifs is 1. The minimum absolute atomic E-state index is 0.278. The number of carbonyl (C=O) groups excluding carboxylic acids is 1. The van der Waals surface area contributed by atoms with E-state index in [0.717, 1.165) is 16.7 Å². The second-order valence-corrected chi connectivity index (χ2v) is 4.95. The predicted octanol–water partition coefficient (Wildman–Crippen LogP) is 2.40. The maximum Gasteiger partial charge on any atom is 0.276 e. The molecule has 0 saturated carbocycles. The van der Waals surface area contributed by atoms with Gasteiger partial charge in [0.2, 0.25) is 0 Å². The standard InChI is InChI=1S/C16H12N6O/c23-16(15-12-3-1-2-4-13(12)20-21-15)19-11-5-6-14(18-9-11)22-8-7-17-10-22/h1-10H,(H,19,23)(H,20,21). The molecule has 7 nitrogen and oxygen atoms in total. The van der Waals surface area contributed by atoms with Gasteiger partial charge in [-0.2, -0.15) is 5.10 Å². The van der Waals surface area contributed by atoms with Crippen molar-refractivity contribution in [2.45, 2.75) is 0 Å². The summed E-state index contributed by atoms with van der Waals surface area (Å²) in [4.78, 5) is 20.6. The third kappa shape index (κ3) is 2.44. The van der Waals surface area contributed by atoms with E-state index >= 15 is 0 Å². The number of H-pyrrole nitrogens is 1. The molecule has 0 aliphatic carbocycles. The highest BCUT2D eigenvalue weighted by atomic mass is 16.1. The van der Waals surface area contributed by atoms with Gasteiger partial charge in [-0.05, 0) is 18.2 Å². The van der Waals surface area contributed by atoms with Crippen LogP contribution in [0.25, 0.3) is 16.7 Å². The first-order chi connectivity index (χ1) is 11.3. The summed E-state index contributed by atoms with van der Waals surface area (Å²) in [5.41, 5.74) is 1.79. The van der Waals surface area contributed by atoms with Crippen LogP contribution in [0, 0.1) is 0 Å². The molecule has 2 N–H and O–H groups in total. The van der Waals surface area contributed by atoms with Crippen LogP contribution in [0.5, 0.6) is 0 Å². The van der Waals surface area contributed by atoms with Crippen LogP contribution in [0.1, 0.15) is 10.5 Å². The predicted molar refractivity (Wildman–Crippen MR) is 85.4 cm³/mol. The topological polar surface area (TPSA) is 88.5 Å². The van der Waals surface area contributed by atoms with Crippen LogP contribution >= 0.6 is 0 Å². The number of imidazole rings is 1. The minimum Gasteiger partial charge on any atom is -0.319 e. The van der Waals surface area contributed by atoms with E-state index < -0.39 is 0 Å². The Morgan fingerprint density at radius 2 is 2.09 bits per heavy atom. The Morgan fingerprint density at radius 3 is 2.87 bits per heavy atom. The molecule has 0 aliphatic rings. The number of carbonyl (C=O) groups is 1. The fourth-order valence-corrected chi connectivity index (χ4v) is 2.33. The summed E-state index contributed by atoms with van der Waals surface area (Å²) >= 11 is 0. The summed E-state index contributed by atoms with van der Waals surface area (Å²) in [7, 11) is 0. The second-order valence-electron chi connectivity index (χ2n) is 4.95. The Hall–Kier alpha value is -3.48. The third-order valence-corrected chi connectivity index (χ3v) is 3.46. The van der Waals surface area contributed by atoms with Gasteiger partial charge in [0.15, 0.2) is 5.69 Å². The number of amides is 1. The van der Waals surface area contributed by atoms with Gasteiger partial charge < -0.3 is 5.32 Å². The quantitative estimate of drug-likeness (QED) is 0.608. The Balaban J connectivity index is 1.57. The van der Waals surface area contributed by atoms with Gasteiger partial charge in [-0.15, -0.1) is 0 Å². The molecule has 0 fully saturated rings. The normalized spacial score (nSPS) is 10.8. The van der Waals surface area contributed by atoms with Gasteiger partial charge in [0, 0.05) is 17.8 Å². The molecular weight excluding hydrogens is 292 g/mol. The van der Waals surface area contributed by atoms with Crippen LogP contribution in [0.4, 0.5) is 5.69 Å². The second kappa shape index (κ2) is 5.38. The van der Waals surface area contributed by atoms with Crippen molar-refractivity contribution in [3.8, 4) is 5.82 Å². The van der Waals surface area contributed by atoms with Gasteiger partial charge in [0.05, 0.1) is 17.4 Å². The molecule has 0 bridgehead atoms. The van der Waals surface area contributed by atoms with E-state index in [0.29, 0.717) is 11.4 Å². The van der Waals surface area contributed by atoms with E-state index in [4.69, 9.17) is 0 Å². The number of nitrogens with one attached hydrogen (secondary N) is 2. The Morgan fingerprint density at radius 1 is 1.17 bits per heavy atom. The molecular formula is C16H12N6O. The number of aromatic nitrogens is 5. The molecule has 112 valence electrons. The summed E-state index contributed by atoms with van der Waals surface area (Å²) < 4.78 is 1.78. The monoisotopic (exact) mass is 304 g/mol. The number of rotatable bonds is 3. The lowest BCUT2D eigenvalue weighted by atomic mass is 10.2. The Labute approximate surface area is 131 Å². The zero-order chi connectivity index (χ0) is 15.6. The minimum atomic E-state index is -0.278. The van der Waals surface area contributed by atoms with Gasteiger partial charge in [-0.25, -0.2) is 9.97 Å². The Kier molecular flexibility index (Phi) is 3.09. The lowest BCUT2D eigenvalue weighted by Gasteiger charge is -2.05. The molecule has 0 unspecified atom stereocenters. The van der Waals surface area contributed by atoms with Gasteiger partial charge in [0.25, 0.3) is 5.91 Å². The number of benzene rings is 1. The molecule has 4 rings (SSSR count). The van der Waals surface area contributed by atoms with Gasteiger partial charge in [-0.1, -0.05) is 18.2 Å². The fourth-order valence-electron chi connectivity index (χ4n) is 2.33. The van der Waals surface area contributed by atoms with Gasteiger partial charge in [-0.3, -0.25) is 14.5 Å². The molecule has 1 amide bonds. The molecule has 0 saturated heterocycles. The number of aromatic amines is 1. The summed E-state index contributed by atoms with van der Waals surface area (Å²) in [6.45, 7) is 0. The number of pyridine rings is 1. The SMILES string of the molecule is O=C(Nc1ccc(-n2ccnc2)nc1)c1n[nH]c2ccccc12. The lowest BCUT2D eigenvalue weighted by Crippen LogP contribution is -2.13. The summed E-state index contributed by atoms with van der Waals surface area (Å²) in [6.07, 6.45) is 6.75. The molecule has 0 aliphatic heterocycles. The average Bonchev–Trinajstić information content (AvgIpc) is 3.25. The zero-order valence-electron chi connectivity index (χ0n) is 12.0. The molecule has 0 spiro atoms. The molecule has 7 heteroatoms. The van der Waals surface area contributed by atoms with E-state index in [9.17, 15) is 4.79 Å². The molecule has 4 aromatic rings. The van der Waals surface area contributed by atoms with Crippen molar-refractivity contribution in [2.75, 3.05) is 5.32 Å². The van der Waals surface area contributed by atoms with Crippen molar-refractivity contribution < 1.29 is 4.79 Å². The van der Waals surface area contributed by atoms with Crippen molar-refractivity contribution in [1.82, 2.24) is 24.7 Å². The fraction of sp³-hybridized carbons (Fsp3) is 0. The smallest absolute Gasteiger partial charge is 0.276 e. The van der Waals surface area contributed by atoms with Gasteiger partial charge in [0.1, 0.15) is 12.1 Å². The molecule has 0 radical (unpaired) electrons. The highest BCUT2D eigenvalue weighted by molar-refractivity contribution is 6.11. The van der Waals surface area contributed by atoms with E-state index in [1.165, 1.54) is 0 Å². The van der Waals surface area contributed by atoms with Crippen LogP contribution in [0.2, 0.25) is 0 Å². The number of anilines is 1. The first-order valence-corrected chi connectivity index (χ1v) is 7.00. The maximum absolute atomic E-state index is 12.4.